The number of hydrogen-bond acceptors (Lipinski definition) is 2. The van der Waals surface area contributed by atoms with Gasteiger partial charge in [0, 0.05) is 6.04 Å². The maximum absolute atomic E-state index is 5.62. The number of nitrogens with one attached hydrogen (secondary N) is 1. The van der Waals surface area contributed by atoms with Crippen LogP contribution in [0.1, 0.15) is 97.8 Å². The number of hydrazine groups is 1. The Morgan fingerprint density at radius 3 is 1.74 bits per heavy atom. The molecule has 116 valence electrons. The van der Waals surface area contributed by atoms with Gasteiger partial charge in [0.05, 0.1) is 0 Å². The summed E-state index contributed by atoms with van der Waals surface area (Å²) in [7, 11) is 0. The molecule has 0 saturated carbocycles. The highest BCUT2D eigenvalue weighted by atomic mass is 15.2. The maximum atomic E-state index is 5.62. The van der Waals surface area contributed by atoms with Gasteiger partial charge in [-0.05, 0) is 25.2 Å². The summed E-state index contributed by atoms with van der Waals surface area (Å²) >= 11 is 0. The molecule has 2 nitrogen and oxygen atoms in total. The van der Waals surface area contributed by atoms with E-state index in [0.717, 1.165) is 5.92 Å². The maximum Gasteiger partial charge on any atom is 0.0210 e. The molecule has 0 aromatic carbocycles. The third kappa shape index (κ3) is 14.1. The average molecular weight is 271 g/mol. The molecule has 0 aromatic heterocycles. The Labute approximate surface area is 121 Å². The van der Waals surface area contributed by atoms with Crippen LogP contribution in [-0.2, 0) is 0 Å². The first-order chi connectivity index (χ1) is 9.20. The molecule has 0 heterocycles. The molecule has 2 heteroatoms. The molecule has 0 bridgehead atoms. The van der Waals surface area contributed by atoms with E-state index in [0.29, 0.717) is 6.04 Å². The highest BCUT2D eigenvalue weighted by Crippen LogP contribution is 2.14. The molecule has 0 aromatic rings. The lowest BCUT2D eigenvalue weighted by molar-refractivity contribution is 0.401. The van der Waals surface area contributed by atoms with Crippen LogP contribution in [0.4, 0.5) is 0 Å². The molecular weight excluding hydrogens is 232 g/mol. The largest absolute Gasteiger partial charge is 0.271 e. The van der Waals surface area contributed by atoms with Gasteiger partial charge >= 0.3 is 0 Å². The predicted octanol–water partition coefficient (Wildman–Crippen LogP) is 5.18. The molecule has 0 aliphatic carbocycles. The topological polar surface area (TPSA) is 38.0 Å². The van der Waals surface area contributed by atoms with Crippen molar-refractivity contribution in [2.45, 2.75) is 104 Å². The van der Waals surface area contributed by atoms with Gasteiger partial charge in [-0.15, -0.1) is 0 Å². The molecule has 0 rings (SSSR count). The zero-order valence-electron chi connectivity index (χ0n) is 13.7. The number of hydrogen-bond donors (Lipinski definition) is 2. The Bertz CT molecular complexity index is 169. The smallest absolute Gasteiger partial charge is 0.0210 e. The monoisotopic (exact) mass is 270 g/mol. The van der Waals surface area contributed by atoms with Crippen LogP contribution in [0.25, 0.3) is 0 Å². The summed E-state index contributed by atoms with van der Waals surface area (Å²) in [5.41, 5.74) is 2.98. The fraction of sp³-hybridized carbons (Fsp3) is 1.00. The normalized spacial score (nSPS) is 13.1. The van der Waals surface area contributed by atoms with Crippen LogP contribution in [-0.4, -0.2) is 6.04 Å². The van der Waals surface area contributed by atoms with Gasteiger partial charge in [0.25, 0.3) is 0 Å². The summed E-state index contributed by atoms with van der Waals surface area (Å²) < 4.78 is 0. The average Bonchev–Trinajstić information content (AvgIpc) is 2.40. The van der Waals surface area contributed by atoms with Gasteiger partial charge in [0.1, 0.15) is 0 Å². The fourth-order valence-corrected chi connectivity index (χ4v) is 2.55. The first-order valence-electron chi connectivity index (χ1n) is 8.66. The van der Waals surface area contributed by atoms with E-state index >= 15 is 0 Å². The molecule has 0 aliphatic heterocycles. The number of nitrogens with two attached hydrogens (primary N) is 1. The van der Waals surface area contributed by atoms with E-state index in [2.05, 4.69) is 26.2 Å². The third-order valence-electron chi connectivity index (χ3n) is 3.98. The van der Waals surface area contributed by atoms with Gasteiger partial charge in [0.15, 0.2) is 0 Å². The molecular formula is C17H38N2. The highest BCUT2D eigenvalue weighted by molar-refractivity contribution is 4.64. The minimum atomic E-state index is 0.534. The molecule has 0 fully saturated rings. The van der Waals surface area contributed by atoms with Crippen LogP contribution in [0.2, 0.25) is 0 Å². The molecule has 0 saturated heterocycles. The van der Waals surface area contributed by atoms with Crippen LogP contribution in [0.5, 0.6) is 0 Å². The van der Waals surface area contributed by atoms with E-state index in [1.165, 1.54) is 77.0 Å². The Hall–Kier alpha value is -0.0800. The molecule has 1 unspecified atom stereocenters. The second-order valence-corrected chi connectivity index (χ2v) is 6.45. The molecule has 19 heavy (non-hydrogen) atoms. The molecule has 0 spiro atoms. The van der Waals surface area contributed by atoms with Crippen molar-refractivity contribution in [1.29, 1.82) is 0 Å². The summed E-state index contributed by atoms with van der Waals surface area (Å²) in [6.07, 6.45) is 16.4. The number of rotatable bonds is 14. The summed E-state index contributed by atoms with van der Waals surface area (Å²) in [6.45, 7) is 6.85. The van der Waals surface area contributed by atoms with E-state index < -0.39 is 0 Å². The van der Waals surface area contributed by atoms with Crippen molar-refractivity contribution in [3.63, 3.8) is 0 Å². The molecule has 0 amide bonds. The van der Waals surface area contributed by atoms with Crippen molar-refractivity contribution in [2.24, 2.45) is 11.8 Å². The summed E-state index contributed by atoms with van der Waals surface area (Å²) in [6, 6.07) is 0.534. The molecule has 0 aliphatic rings. The molecule has 3 N–H and O–H groups in total. The van der Waals surface area contributed by atoms with E-state index in [-0.39, 0.29) is 0 Å². The zero-order chi connectivity index (χ0) is 14.3. The van der Waals surface area contributed by atoms with E-state index in [1.807, 2.05) is 0 Å². The Morgan fingerprint density at radius 1 is 0.737 bits per heavy atom. The minimum Gasteiger partial charge on any atom is -0.271 e. The fourth-order valence-electron chi connectivity index (χ4n) is 2.55. The van der Waals surface area contributed by atoms with Crippen LogP contribution in [0.15, 0.2) is 0 Å². The first-order valence-corrected chi connectivity index (χ1v) is 8.66. The summed E-state index contributed by atoms with van der Waals surface area (Å²) in [5, 5.41) is 0. The molecule has 0 radical (unpaired) electrons. The van der Waals surface area contributed by atoms with Crippen LogP contribution < -0.4 is 11.3 Å². The lowest BCUT2D eigenvalue weighted by atomic mass is 9.99. The van der Waals surface area contributed by atoms with Crippen molar-refractivity contribution in [1.82, 2.24) is 5.43 Å². The SMILES string of the molecule is CCCCCCCCCCCC(CCC(C)C)NN. The van der Waals surface area contributed by atoms with Gasteiger partial charge in [-0.3, -0.25) is 11.3 Å². The Balaban J connectivity index is 3.26. The van der Waals surface area contributed by atoms with Gasteiger partial charge < -0.3 is 0 Å². The summed E-state index contributed by atoms with van der Waals surface area (Å²) in [4.78, 5) is 0. The predicted molar refractivity (Wildman–Crippen MR) is 87.0 cm³/mol. The quantitative estimate of drug-likeness (QED) is 0.259. The third-order valence-corrected chi connectivity index (χ3v) is 3.98. The van der Waals surface area contributed by atoms with Crippen LogP contribution in [0.3, 0.4) is 0 Å². The van der Waals surface area contributed by atoms with E-state index in [9.17, 15) is 0 Å². The highest BCUT2D eigenvalue weighted by Gasteiger charge is 2.07. The lowest BCUT2D eigenvalue weighted by Gasteiger charge is -2.16. The van der Waals surface area contributed by atoms with Crippen LogP contribution >= 0.6 is 0 Å². The van der Waals surface area contributed by atoms with Crippen LogP contribution in [0, 0.1) is 5.92 Å². The lowest BCUT2D eigenvalue weighted by Crippen LogP contribution is -2.35. The minimum absolute atomic E-state index is 0.534. The van der Waals surface area contributed by atoms with Crippen molar-refractivity contribution >= 4 is 0 Å². The standard InChI is InChI=1S/C17H38N2/c1-4-5-6-7-8-9-10-11-12-13-17(19-18)15-14-16(2)3/h16-17,19H,4-15,18H2,1-3H3. The van der Waals surface area contributed by atoms with E-state index in [4.69, 9.17) is 5.84 Å². The Morgan fingerprint density at radius 2 is 1.26 bits per heavy atom. The van der Waals surface area contributed by atoms with E-state index in [1.54, 1.807) is 0 Å². The first kappa shape index (κ1) is 18.9. The summed E-state index contributed by atoms with van der Waals surface area (Å²) in [5.74, 6) is 6.41. The second-order valence-electron chi connectivity index (χ2n) is 6.45. The molecule has 1 atom stereocenters. The van der Waals surface area contributed by atoms with Gasteiger partial charge in [-0.1, -0.05) is 78.6 Å². The van der Waals surface area contributed by atoms with Crippen molar-refractivity contribution < 1.29 is 0 Å². The number of unbranched alkanes of at least 4 members (excludes halogenated alkanes) is 8. The van der Waals surface area contributed by atoms with Crippen molar-refractivity contribution in [2.75, 3.05) is 0 Å². The van der Waals surface area contributed by atoms with Gasteiger partial charge in [0.2, 0.25) is 0 Å². The Kier molecular flexibility index (Phi) is 14.3. The van der Waals surface area contributed by atoms with Gasteiger partial charge in [-0.25, -0.2) is 0 Å². The van der Waals surface area contributed by atoms with Crippen molar-refractivity contribution in [3.05, 3.63) is 0 Å². The van der Waals surface area contributed by atoms with Gasteiger partial charge in [-0.2, -0.15) is 0 Å². The second kappa shape index (κ2) is 14.3. The van der Waals surface area contributed by atoms with Crippen molar-refractivity contribution in [3.8, 4) is 0 Å². The zero-order valence-corrected chi connectivity index (χ0v) is 13.7.